The molecular weight excluding hydrogens is 234 g/mol. The standard InChI is InChI=1S/C12H13N3O3/c1-7(12(17)18)13-11(16)6-10-8-4-2-3-5-9(8)14-15-10/h2-5,7H,6H2,1H3,(H,13,16)(H,14,15)(H,17,18)/t7-/m0/s1. The van der Waals surface area contributed by atoms with Gasteiger partial charge in [-0.2, -0.15) is 5.10 Å². The number of carbonyl (C=O) groups excluding carboxylic acids is 1. The highest BCUT2D eigenvalue weighted by Crippen LogP contribution is 2.15. The van der Waals surface area contributed by atoms with Gasteiger partial charge in [0, 0.05) is 5.39 Å². The van der Waals surface area contributed by atoms with E-state index in [1.807, 2.05) is 24.3 Å². The first-order valence-electron chi connectivity index (χ1n) is 5.52. The molecule has 18 heavy (non-hydrogen) atoms. The molecule has 0 fully saturated rings. The van der Waals surface area contributed by atoms with Crippen molar-refractivity contribution in [2.75, 3.05) is 0 Å². The van der Waals surface area contributed by atoms with Gasteiger partial charge < -0.3 is 10.4 Å². The van der Waals surface area contributed by atoms with Gasteiger partial charge in [-0.1, -0.05) is 18.2 Å². The van der Waals surface area contributed by atoms with Gasteiger partial charge in [0.1, 0.15) is 6.04 Å². The number of nitrogens with one attached hydrogen (secondary N) is 2. The maximum Gasteiger partial charge on any atom is 0.325 e. The summed E-state index contributed by atoms with van der Waals surface area (Å²) in [6.45, 7) is 1.42. The second-order valence-corrected chi connectivity index (χ2v) is 4.02. The zero-order chi connectivity index (χ0) is 13.1. The quantitative estimate of drug-likeness (QED) is 0.741. The Morgan fingerprint density at radius 1 is 1.44 bits per heavy atom. The Morgan fingerprint density at radius 3 is 2.89 bits per heavy atom. The Hall–Kier alpha value is -2.37. The molecule has 94 valence electrons. The number of hydrogen-bond donors (Lipinski definition) is 3. The van der Waals surface area contributed by atoms with Gasteiger partial charge in [-0.25, -0.2) is 0 Å². The third-order valence-electron chi connectivity index (χ3n) is 2.63. The Kier molecular flexibility index (Phi) is 3.27. The van der Waals surface area contributed by atoms with Crippen LogP contribution in [0.4, 0.5) is 0 Å². The number of para-hydroxylation sites is 1. The Labute approximate surface area is 103 Å². The van der Waals surface area contributed by atoms with Gasteiger partial charge in [-0.3, -0.25) is 14.7 Å². The summed E-state index contributed by atoms with van der Waals surface area (Å²) in [5.41, 5.74) is 1.47. The molecule has 0 aliphatic heterocycles. The number of carbonyl (C=O) groups is 2. The van der Waals surface area contributed by atoms with Crippen molar-refractivity contribution in [2.45, 2.75) is 19.4 Å². The number of nitrogens with zero attached hydrogens (tertiary/aromatic N) is 1. The van der Waals surface area contributed by atoms with Gasteiger partial charge in [0.05, 0.1) is 17.6 Å². The number of carboxylic acids is 1. The zero-order valence-electron chi connectivity index (χ0n) is 9.80. The molecule has 0 radical (unpaired) electrons. The van der Waals surface area contributed by atoms with Crippen molar-refractivity contribution >= 4 is 22.8 Å². The molecule has 0 unspecified atom stereocenters. The average molecular weight is 247 g/mol. The van der Waals surface area contributed by atoms with E-state index >= 15 is 0 Å². The lowest BCUT2D eigenvalue weighted by atomic mass is 10.1. The van der Waals surface area contributed by atoms with E-state index in [2.05, 4.69) is 15.5 Å². The maximum absolute atomic E-state index is 11.6. The summed E-state index contributed by atoms with van der Waals surface area (Å²) in [5, 5.41) is 18.8. The van der Waals surface area contributed by atoms with Crippen LogP contribution in [0.5, 0.6) is 0 Å². The summed E-state index contributed by atoms with van der Waals surface area (Å²) in [4.78, 5) is 22.3. The number of aromatic nitrogens is 2. The molecule has 1 amide bonds. The van der Waals surface area contributed by atoms with Gasteiger partial charge in [0.2, 0.25) is 5.91 Å². The molecule has 0 aliphatic carbocycles. The number of aliphatic carboxylic acids is 1. The number of benzene rings is 1. The number of hydrogen-bond acceptors (Lipinski definition) is 3. The second kappa shape index (κ2) is 4.87. The average Bonchev–Trinajstić information content (AvgIpc) is 2.72. The first-order valence-corrected chi connectivity index (χ1v) is 5.52. The summed E-state index contributed by atoms with van der Waals surface area (Å²) in [7, 11) is 0. The van der Waals surface area contributed by atoms with Crippen LogP contribution in [0.3, 0.4) is 0 Å². The molecule has 6 nitrogen and oxygen atoms in total. The predicted molar refractivity (Wildman–Crippen MR) is 65.0 cm³/mol. The molecule has 1 aromatic heterocycles. The number of amides is 1. The molecule has 0 aliphatic rings. The number of H-pyrrole nitrogens is 1. The molecule has 0 saturated heterocycles. The van der Waals surface area contributed by atoms with E-state index in [1.165, 1.54) is 6.92 Å². The largest absolute Gasteiger partial charge is 0.480 e. The van der Waals surface area contributed by atoms with E-state index in [9.17, 15) is 9.59 Å². The summed E-state index contributed by atoms with van der Waals surface area (Å²) < 4.78 is 0. The first-order chi connectivity index (χ1) is 8.58. The van der Waals surface area contributed by atoms with Crippen LogP contribution in [0.25, 0.3) is 10.9 Å². The van der Waals surface area contributed by atoms with E-state index < -0.39 is 12.0 Å². The lowest BCUT2D eigenvalue weighted by molar-refractivity contribution is -0.141. The third-order valence-corrected chi connectivity index (χ3v) is 2.63. The van der Waals surface area contributed by atoms with Gasteiger partial charge in [-0.05, 0) is 13.0 Å². The van der Waals surface area contributed by atoms with Crippen LogP contribution in [0, 0.1) is 0 Å². The van der Waals surface area contributed by atoms with Crippen LogP contribution in [0.1, 0.15) is 12.6 Å². The van der Waals surface area contributed by atoms with Crippen molar-refractivity contribution in [2.24, 2.45) is 0 Å². The topological polar surface area (TPSA) is 95.1 Å². The SMILES string of the molecule is C[C@H](NC(=O)Cc1[nH]nc2ccccc12)C(=O)O. The van der Waals surface area contributed by atoms with Crippen LogP contribution >= 0.6 is 0 Å². The lowest BCUT2D eigenvalue weighted by Crippen LogP contribution is -2.39. The second-order valence-electron chi connectivity index (χ2n) is 4.02. The van der Waals surface area contributed by atoms with Crippen LogP contribution < -0.4 is 5.32 Å². The fraction of sp³-hybridized carbons (Fsp3) is 0.250. The summed E-state index contributed by atoms with van der Waals surface area (Å²) in [5.74, 6) is -1.41. The highest BCUT2D eigenvalue weighted by molar-refractivity contribution is 5.89. The van der Waals surface area contributed by atoms with Crippen molar-refractivity contribution in [3.63, 3.8) is 0 Å². The summed E-state index contributed by atoms with van der Waals surface area (Å²) in [6.07, 6.45) is 0.0815. The van der Waals surface area contributed by atoms with Crippen molar-refractivity contribution in [1.82, 2.24) is 15.5 Å². The van der Waals surface area contributed by atoms with Crippen molar-refractivity contribution in [1.29, 1.82) is 0 Å². The molecule has 0 bridgehead atoms. The van der Waals surface area contributed by atoms with Gasteiger partial charge >= 0.3 is 5.97 Å². The number of rotatable bonds is 4. The molecule has 1 atom stereocenters. The van der Waals surface area contributed by atoms with Crippen LogP contribution in [-0.4, -0.2) is 33.2 Å². The van der Waals surface area contributed by atoms with Gasteiger partial charge in [-0.15, -0.1) is 0 Å². The van der Waals surface area contributed by atoms with E-state index in [4.69, 9.17) is 5.11 Å². The number of fused-ring (bicyclic) bond motifs is 1. The number of carboxylic acid groups (broad SMARTS) is 1. The normalized spacial score (nSPS) is 12.3. The molecule has 0 spiro atoms. The number of aromatic amines is 1. The van der Waals surface area contributed by atoms with Crippen molar-refractivity contribution < 1.29 is 14.7 Å². The minimum absolute atomic E-state index is 0.0815. The van der Waals surface area contributed by atoms with Crippen LogP contribution in [0.2, 0.25) is 0 Å². The molecule has 3 N–H and O–H groups in total. The minimum Gasteiger partial charge on any atom is -0.480 e. The van der Waals surface area contributed by atoms with E-state index in [0.29, 0.717) is 5.69 Å². The summed E-state index contributed by atoms with van der Waals surface area (Å²) >= 11 is 0. The molecule has 2 rings (SSSR count). The lowest BCUT2D eigenvalue weighted by Gasteiger charge is -2.08. The first kappa shape index (κ1) is 12.1. The molecular formula is C12H13N3O3. The highest BCUT2D eigenvalue weighted by Gasteiger charge is 2.15. The monoisotopic (exact) mass is 247 g/mol. The Balaban J connectivity index is 2.10. The predicted octanol–water partition coefficient (Wildman–Crippen LogP) is 0.695. The molecule has 0 saturated carbocycles. The highest BCUT2D eigenvalue weighted by atomic mass is 16.4. The van der Waals surface area contributed by atoms with E-state index in [1.54, 1.807) is 0 Å². The van der Waals surface area contributed by atoms with Gasteiger partial charge in [0.15, 0.2) is 0 Å². The van der Waals surface area contributed by atoms with Crippen LogP contribution in [-0.2, 0) is 16.0 Å². The minimum atomic E-state index is -1.06. The van der Waals surface area contributed by atoms with Crippen molar-refractivity contribution in [3.05, 3.63) is 30.0 Å². The zero-order valence-corrected chi connectivity index (χ0v) is 9.80. The fourth-order valence-corrected chi connectivity index (χ4v) is 1.66. The summed E-state index contributed by atoms with van der Waals surface area (Å²) in [6, 6.07) is 6.53. The molecule has 1 heterocycles. The van der Waals surface area contributed by atoms with Crippen LogP contribution in [0.15, 0.2) is 24.3 Å². The van der Waals surface area contributed by atoms with E-state index in [-0.39, 0.29) is 12.3 Å². The molecule has 1 aromatic carbocycles. The molecule has 2 aromatic rings. The third kappa shape index (κ3) is 2.48. The smallest absolute Gasteiger partial charge is 0.325 e. The van der Waals surface area contributed by atoms with Gasteiger partial charge in [0.25, 0.3) is 0 Å². The molecule has 6 heteroatoms. The van der Waals surface area contributed by atoms with E-state index in [0.717, 1.165) is 10.9 Å². The Bertz CT molecular complexity index is 591. The van der Waals surface area contributed by atoms with Crippen molar-refractivity contribution in [3.8, 4) is 0 Å². The maximum atomic E-state index is 11.6. The Morgan fingerprint density at radius 2 is 2.17 bits per heavy atom. The fourth-order valence-electron chi connectivity index (χ4n) is 1.66.